The summed E-state index contributed by atoms with van der Waals surface area (Å²) in [5, 5.41) is 16.0. The van der Waals surface area contributed by atoms with Crippen LogP contribution in [0.3, 0.4) is 0 Å². The van der Waals surface area contributed by atoms with Crippen LogP contribution in [-0.4, -0.2) is 23.3 Å². The van der Waals surface area contributed by atoms with Crippen molar-refractivity contribution in [3.05, 3.63) is 62.3 Å². The highest BCUT2D eigenvalue weighted by Gasteiger charge is 2.11. The smallest absolute Gasteiger partial charge is 0.401 e. The molecule has 2 amide bonds. The lowest BCUT2D eigenvalue weighted by molar-refractivity contribution is -0.402. The molecule has 0 radical (unpaired) electrons. The Hall–Kier alpha value is -2.84. The fourth-order valence-corrected chi connectivity index (χ4v) is 2.04. The number of benzene rings is 1. The van der Waals surface area contributed by atoms with E-state index in [-0.39, 0.29) is 12.3 Å². The maximum absolute atomic E-state index is 11.8. The van der Waals surface area contributed by atoms with Crippen LogP contribution < -0.4 is 10.6 Å². The minimum Gasteiger partial charge on any atom is -0.401 e. The van der Waals surface area contributed by atoms with Crippen LogP contribution in [0.2, 0.25) is 10.0 Å². The fourth-order valence-electron chi connectivity index (χ4n) is 1.70. The second-order valence-corrected chi connectivity index (χ2v) is 5.50. The largest absolute Gasteiger partial charge is 0.433 e. The predicted molar refractivity (Wildman–Crippen MR) is 92.5 cm³/mol. The van der Waals surface area contributed by atoms with E-state index in [2.05, 4.69) is 10.6 Å². The Bertz CT molecular complexity index is 847. The molecule has 0 unspecified atom stereocenters. The molecule has 0 atom stereocenters. The second-order valence-electron chi connectivity index (χ2n) is 4.66. The van der Waals surface area contributed by atoms with Gasteiger partial charge in [0.25, 0.3) is 0 Å². The number of carbonyl (C=O) groups excluding carboxylic acids is 2. The lowest BCUT2D eigenvalue weighted by Gasteiger charge is -2.07. The van der Waals surface area contributed by atoms with Crippen LogP contribution in [0.15, 0.2) is 40.8 Å². The topological polar surface area (TPSA) is 114 Å². The number of nitrogens with one attached hydrogen (secondary N) is 2. The molecule has 1 aromatic carbocycles. The Morgan fingerprint density at radius 1 is 1.24 bits per heavy atom. The first kappa shape index (κ1) is 18.5. The molecule has 25 heavy (non-hydrogen) atoms. The number of carbonyl (C=O) groups is 2. The van der Waals surface area contributed by atoms with Gasteiger partial charge in [-0.05, 0) is 30.3 Å². The molecule has 0 saturated heterocycles. The van der Waals surface area contributed by atoms with Gasteiger partial charge in [0.1, 0.15) is 10.7 Å². The molecule has 10 heteroatoms. The van der Waals surface area contributed by atoms with Crippen molar-refractivity contribution in [1.29, 1.82) is 0 Å². The standard InChI is InChI=1S/C15H11Cl2N3O5/c16-9-1-4-11(17)12(7-9)19-14(22)8-18-13(21)5-2-10-3-6-15(25-10)20(23)24/h1-7H,8H2,(H,18,21)(H,19,22)/b5-2+. The van der Waals surface area contributed by atoms with Crippen molar-refractivity contribution < 1.29 is 18.9 Å². The average Bonchev–Trinajstić information content (AvgIpc) is 3.04. The number of nitro groups is 1. The number of amides is 2. The Labute approximate surface area is 151 Å². The van der Waals surface area contributed by atoms with Crippen LogP contribution in [0, 0.1) is 10.1 Å². The van der Waals surface area contributed by atoms with E-state index in [0.29, 0.717) is 15.7 Å². The Balaban J connectivity index is 1.84. The Morgan fingerprint density at radius 2 is 2.00 bits per heavy atom. The number of hydrogen-bond acceptors (Lipinski definition) is 5. The van der Waals surface area contributed by atoms with Crippen molar-refractivity contribution in [2.24, 2.45) is 0 Å². The van der Waals surface area contributed by atoms with Crippen LogP contribution >= 0.6 is 23.2 Å². The maximum Gasteiger partial charge on any atom is 0.433 e. The summed E-state index contributed by atoms with van der Waals surface area (Å²) in [7, 11) is 0. The molecule has 0 saturated carbocycles. The molecule has 0 bridgehead atoms. The SMILES string of the molecule is O=C(/C=C/c1ccc([N+](=O)[O-])o1)NCC(=O)Nc1cc(Cl)ccc1Cl. The van der Waals surface area contributed by atoms with E-state index >= 15 is 0 Å². The molecule has 2 N–H and O–H groups in total. The van der Waals surface area contributed by atoms with Gasteiger partial charge in [-0.3, -0.25) is 19.7 Å². The molecule has 2 rings (SSSR count). The molecule has 0 fully saturated rings. The van der Waals surface area contributed by atoms with Crippen molar-refractivity contribution in [1.82, 2.24) is 5.32 Å². The lowest BCUT2D eigenvalue weighted by atomic mass is 10.3. The van der Waals surface area contributed by atoms with Gasteiger partial charge in [-0.25, -0.2) is 0 Å². The van der Waals surface area contributed by atoms with E-state index in [9.17, 15) is 19.7 Å². The summed E-state index contributed by atoms with van der Waals surface area (Å²) in [6.07, 6.45) is 2.33. The van der Waals surface area contributed by atoms with Crippen molar-refractivity contribution in [3.8, 4) is 0 Å². The van der Waals surface area contributed by atoms with E-state index in [1.54, 1.807) is 6.07 Å². The Kier molecular flexibility index (Phi) is 6.15. The molecular formula is C15H11Cl2N3O5. The van der Waals surface area contributed by atoms with Crippen molar-refractivity contribution in [2.75, 3.05) is 11.9 Å². The summed E-state index contributed by atoms with van der Waals surface area (Å²) < 4.78 is 4.85. The van der Waals surface area contributed by atoms with E-state index in [0.717, 1.165) is 6.08 Å². The third-order valence-electron chi connectivity index (χ3n) is 2.82. The van der Waals surface area contributed by atoms with Crippen molar-refractivity contribution in [3.63, 3.8) is 0 Å². The first-order valence-electron chi connectivity index (χ1n) is 6.80. The zero-order valence-corrected chi connectivity index (χ0v) is 14.0. The number of anilines is 1. The summed E-state index contributed by atoms with van der Waals surface area (Å²) in [5.41, 5.74) is 0.326. The average molecular weight is 384 g/mol. The van der Waals surface area contributed by atoms with Crippen molar-refractivity contribution in [2.45, 2.75) is 0 Å². The van der Waals surface area contributed by atoms with Gasteiger partial charge in [-0.15, -0.1) is 0 Å². The third kappa shape index (κ3) is 5.63. The molecule has 0 aliphatic rings. The number of furan rings is 1. The van der Waals surface area contributed by atoms with Gasteiger partial charge in [0, 0.05) is 11.1 Å². The molecule has 1 heterocycles. The third-order valence-corrected chi connectivity index (χ3v) is 3.38. The minimum atomic E-state index is -0.692. The first-order chi connectivity index (χ1) is 11.8. The summed E-state index contributed by atoms with van der Waals surface area (Å²) in [4.78, 5) is 33.2. The highest BCUT2D eigenvalue weighted by atomic mass is 35.5. The molecule has 0 aliphatic heterocycles. The summed E-state index contributed by atoms with van der Waals surface area (Å²) in [5.74, 6) is -1.37. The van der Waals surface area contributed by atoms with Gasteiger partial charge in [-0.2, -0.15) is 0 Å². The lowest BCUT2D eigenvalue weighted by Crippen LogP contribution is -2.31. The zero-order chi connectivity index (χ0) is 18.4. The van der Waals surface area contributed by atoms with E-state index in [1.165, 1.54) is 30.3 Å². The zero-order valence-electron chi connectivity index (χ0n) is 12.5. The molecule has 1 aromatic heterocycles. The minimum absolute atomic E-state index is 0.136. The molecule has 130 valence electrons. The Morgan fingerprint density at radius 3 is 2.68 bits per heavy atom. The van der Waals surface area contributed by atoms with E-state index in [1.807, 2.05) is 0 Å². The number of rotatable bonds is 6. The van der Waals surface area contributed by atoms with Crippen LogP contribution in [0.25, 0.3) is 6.08 Å². The van der Waals surface area contributed by atoms with Gasteiger partial charge in [0.2, 0.25) is 11.8 Å². The van der Waals surface area contributed by atoms with Crippen LogP contribution in [-0.2, 0) is 9.59 Å². The molecule has 2 aromatic rings. The number of hydrogen-bond donors (Lipinski definition) is 2. The number of halogens is 2. The highest BCUT2D eigenvalue weighted by molar-refractivity contribution is 6.35. The monoisotopic (exact) mass is 383 g/mol. The molecular weight excluding hydrogens is 373 g/mol. The highest BCUT2D eigenvalue weighted by Crippen LogP contribution is 2.25. The molecule has 8 nitrogen and oxygen atoms in total. The normalized spacial score (nSPS) is 10.6. The maximum atomic E-state index is 11.8. The quantitative estimate of drug-likeness (QED) is 0.451. The van der Waals surface area contributed by atoms with Gasteiger partial charge >= 0.3 is 5.88 Å². The van der Waals surface area contributed by atoms with Crippen molar-refractivity contribution >= 4 is 52.7 Å². The first-order valence-corrected chi connectivity index (χ1v) is 7.56. The van der Waals surface area contributed by atoms with Gasteiger partial charge in [0.15, 0.2) is 0 Å². The van der Waals surface area contributed by atoms with Crippen LogP contribution in [0.5, 0.6) is 0 Å². The summed E-state index contributed by atoms with van der Waals surface area (Å²) in [6.45, 7) is -0.301. The number of nitrogens with zero attached hydrogens (tertiary/aromatic N) is 1. The van der Waals surface area contributed by atoms with E-state index in [4.69, 9.17) is 27.6 Å². The van der Waals surface area contributed by atoms with Gasteiger partial charge in [0.05, 0.1) is 23.3 Å². The van der Waals surface area contributed by atoms with Crippen LogP contribution in [0.1, 0.15) is 5.76 Å². The molecule has 0 spiro atoms. The summed E-state index contributed by atoms with van der Waals surface area (Å²) >= 11 is 11.7. The summed E-state index contributed by atoms with van der Waals surface area (Å²) in [6, 6.07) is 7.09. The predicted octanol–water partition coefficient (Wildman–Crippen LogP) is 3.26. The van der Waals surface area contributed by atoms with Gasteiger partial charge in [-0.1, -0.05) is 23.2 Å². The fraction of sp³-hybridized carbons (Fsp3) is 0.0667. The molecule has 0 aliphatic carbocycles. The van der Waals surface area contributed by atoms with Gasteiger partial charge < -0.3 is 15.1 Å². The van der Waals surface area contributed by atoms with Crippen LogP contribution in [0.4, 0.5) is 11.6 Å². The van der Waals surface area contributed by atoms with E-state index < -0.39 is 22.6 Å². The second kappa shape index (κ2) is 8.32.